The van der Waals surface area contributed by atoms with Gasteiger partial charge in [-0.3, -0.25) is 0 Å². The van der Waals surface area contributed by atoms with Crippen molar-refractivity contribution in [1.29, 1.82) is 0 Å². The lowest BCUT2D eigenvalue weighted by Crippen LogP contribution is -2.46. The molecule has 1 aliphatic heterocycles. The van der Waals surface area contributed by atoms with Crippen LogP contribution < -0.4 is 10.4 Å². The highest BCUT2D eigenvalue weighted by Gasteiger charge is 2.50. The molecular formula is C24H26O7. The zero-order valence-corrected chi connectivity index (χ0v) is 18.5. The molecule has 0 saturated carbocycles. The van der Waals surface area contributed by atoms with Crippen molar-refractivity contribution >= 4 is 22.9 Å². The monoisotopic (exact) mass is 426 g/mol. The van der Waals surface area contributed by atoms with Crippen LogP contribution in [0.3, 0.4) is 0 Å². The molecule has 2 atom stereocenters. The Morgan fingerprint density at radius 3 is 2.42 bits per heavy atom. The Hall–Kier alpha value is -3.35. The number of ether oxygens (including phenoxy) is 3. The maximum absolute atomic E-state index is 12.6. The van der Waals surface area contributed by atoms with Crippen molar-refractivity contribution < 1.29 is 28.2 Å². The zero-order chi connectivity index (χ0) is 22.9. The quantitative estimate of drug-likeness (QED) is 0.398. The summed E-state index contributed by atoms with van der Waals surface area (Å²) < 4.78 is 23.0. The van der Waals surface area contributed by atoms with Gasteiger partial charge in [0, 0.05) is 23.1 Å². The normalized spacial score (nSPS) is 18.2. The molecule has 3 rings (SSSR count). The van der Waals surface area contributed by atoms with Gasteiger partial charge >= 0.3 is 17.6 Å². The largest absolute Gasteiger partial charge is 0.481 e. The van der Waals surface area contributed by atoms with Crippen LogP contribution in [-0.4, -0.2) is 23.6 Å². The predicted molar refractivity (Wildman–Crippen MR) is 115 cm³/mol. The van der Waals surface area contributed by atoms with Gasteiger partial charge in [0.15, 0.2) is 12.2 Å². The molecule has 31 heavy (non-hydrogen) atoms. The Labute approximate surface area is 180 Å². The molecule has 0 radical (unpaired) electrons. The smallest absolute Gasteiger partial charge is 0.336 e. The van der Waals surface area contributed by atoms with E-state index in [0.29, 0.717) is 22.3 Å². The fourth-order valence-corrected chi connectivity index (χ4v) is 3.39. The molecular weight excluding hydrogens is 400 g/mol. The number of allylic oxidation sites excluding steroid dienone is 2. The number of esters is 2. The van der Waals surface area contributed by atoms with Crippen LogP contribution in [-0.2, 0) is 19.1 Å². The summed E-state index contributed by atoms with van der Waals surface area (Å²) in [6, 6.07) is 6.41. The van der Waals surface area contributed by atoms with Crippen molar-refractivity contribution in [3.8, 4) is 5.75 Å². The predicted octanol–water partition coefficient (Wildman–Crippen LogP) is 4.39. The van der Waals surface area contributed by atoms with Crippen molar-refractivity contribution in [3.05, 3.63) is 63.5 Å². The fraction of sp³-hybridized carbons (Fsp3) is 0.375. The first kappa shape index (κ1) is 22.3. The van der Waals surface area contributed by atoms with Gasteiger partial charge in [-0.05, 0) is 59.7 Å². The molecule has 0 unspecified atom stereocenters. The molecule has 0 fully saturated rings. The van der Waals surface area contributed by atoms with E-state index < -0.39 is 35.4 Å². The SMILES string of the molecule is CC=C(C)C(=O)O[C@H]1c2c(ccc3ccc(=O)oc23)O[C@H]1C(C)(C)OC(=O)C=C(C)C. The van der Waals surface area contributed by atoms with Crippen molar-refractivity contribution in [1.82, 2.24) is 0 Å². The molecule has 0 bridgehead atoms. The molecule has 164 valence electrons. The van der Waals surface area contributed by atoms with Crippen molar-refractivity contribution in [3.63, 3.8) is 0 Å². The van der Waals surface area contributed by atoms with Crippen LogP contribution in [0, 0.1) is 0 Å². The first-order valence-electron chi connectivity index (χ1n) is 9.98. The van der Waals surface area contributed by atoms with Crippen molar-refractivity contribution in [2.45, 2.75) is 59.4 Å². The maximum Gasteiger partial charge on any atom is 0.336 e. The Bertz CT molecular complexity index is 1150. The second kappa shape index (κ2) is 8.41. The first-order chi connectivity index (χ1) is 14.5. The third kappa shape index (κ3) is 4.55. The average Bonchev–Trinajstić information content (AvgIpc) is 3.05. The molecule has 0 N–H and O–H groups in total. The summed E-state index contributed by atoms with van der Waals surface area (Å²) in [5.74, 6) is -0.680. The summed E-state index contributed by atoms with van der Waals surface area (Å²) in [6.07, 6.45) is 1.20. The van der Waals surface area contributed by atoms with Gasteiger partial charge in [0.2, 0.25) is 0 Å². The number of benzene rings is 1. The summed E-state index contributed by atoms with van der Waals surface area (Å²) in [7, 11) is 0. The third-order valence-electron chi connectivity index (χ3n) is 5.05. The highest BCUT2D eigenvalue weighted by molar-refractivity contribution is 5.89. The van der Waals surface area contributed by atoms with E-state index in [2.05, 4.69) is 0 Å². The van der Waals surface area contributed by atoms with Gasteiger partial charge in [-0.25, -0.2) is 14.4 Å². The van der Waals surface area contributed by atoms with Crippen LogP contribution in [0.25, 0.3) is 11.0 Å². The second-order valence-electron chi connectivity index (χ2n) is 8.23. The summed E-state index contributed by atoms with van der Waals surface area (Å²) in [5.41, 5.74) is 0.203. The summed E-state index contributed by atoms with van der Waals surface area (Å²) in [4.78, 5) is 36.8. The first-order valence-corrected chi connectivity index (χ1v) is 9.98. The molecule has 2 aromatic rings. The average molecular weight is 426 g/mol. The zero-order valence-electron chi connectivity index (χ0n) is 18.5. The van der Waals surface area contributed by atoms with E-state index in [1.54, 1.807) is 65.8 Å². The minimum absolute atomic E-state index is 0.273. The van der Waals surface area contributed by atoms with Crippen LogP contribution in [0.4, 0.5) is 0 Å². The van der Waals surface area contributed by atoms with Crippen LogP contribution in [0.15, 0.2) is 56.8 Å². The Kier molecular flexibility index (Phi) is 6.06. The van der Waals surface area contributed by atoms with Crippen molar-refractivity contribution in [2.75, 3.05) is 0 Å². The molecule has 7 nitrogen and oxygen atoms in total. The van der Waals surface area contributed by atoms with E-state index in [-0.39, 0.29) is 5.58 Å². The summed E-state index contributed by atoms with van der Waals surface area (Å²) in [6.45, 7) is 10.3. The molecule has 7 heteroatoms. The van der Waals surface area contributed by atoms with Gasteiger partial charge < -0.3 is 18.6 Å². The van der Waals surface area contributed by atoms with Crippen molar-refractivity contribution in [2.24, 2.45) is 0 Å². The second-order valence-corrected chi connectivity index (χ2v) is 8.23. The van der Waals surface area contributed by atoms with E-state index in [0.717, 1.165) is 5.57 Å². The standard InChI is InChI=1S/C24H26O7/c1-7-14(4)23(27)30-21-19-16(10-8-15-9-11-17(25)29-20(15)19)28-22(21)24(5,6)31-18(26)12-13(2)3/h7-12,21-22H,1-6H3/t21-,22+/m0/s1. The Morgan fingerprint density at radius 2 is 1.77 bits per heavy atom. The topological polar surface area (TPSA) is 92.0 Å². The lowest BCUT2D eigenvalue weighted by molar-refractivity contribution is -0.171. The van der Waals surface area contributed by atoms with Gasteiger partial charge in [0.25, 0.3) is 0 Å². The molecule has 2 heterocycles. The Morgan fingerprint density at radius 1 is 1.10 bits per heavy atom. The van der Waals surface area contributed by atoms with Crippen LogP contribution >= 0.6 is 0 Å². The Balaban J connectivity index is 2.10. The summed E-state index contributed by atoms with van der Waals surface area (Å²) >= 11 is 0. The van der Waals surface area contributed by atoms with Gasteiger partial charge in [0.05, 0.1) is 5.56 Å². The minimum atomic E-state index is -1.17. The molecule has 1 aromatic heterocycles. The highest BCUT2D eigenvalue weighted by Crippen LogP contribution is 2.47. The molecule has 0 spiro atoms. The van der Waals surface area contributed by atoms with Crippen LogP contribution in [0.5, 0.6) is 5.75 Å². The van der Waals surface area contributed by atoms with E-state index in [1.807, 2.05) is 0 Å². The molecule has 1 aromatic carbocycles. The number of hydrogen-bond acceptors (Lipinski definition) is 7. The fourth-order valence-electron chi connectivity index (χ4n) is 3.39. The van der Waals surface area contributed by atoms with Crippen LogP contribution in [0.1, 0.15) is 53.2 Å². The minimum Gasteiger partial charge on any atom is -0.481 e. The number of carbonyl (C=O) groups is 2. The summed E-state index contributed by atoms with van der Waals surface area (Å²) in [5, 5.41) is 0.658. The lowest BCUT2D eigenvalue weighted by atomic mass is 9.93. The lowest BCUT2D eigenvalue weighted by Gasteiger charge is -2.33. The molecule has 1 aliphatic rings. The third-order valence-corrected chi connectivity index (χ3v) is 5.05. The molecule has 0 aliphatic carbocycles. The number of rotatable bonds is 5. The van der Waals surface area contributed by atoms with Gasteiger partial charge in [-0.2, -0.15) is 0 Å². The highest BCUT2D eigenvalue weighted by atomic mass is 16.6. The van der Waals surface area contributed by atoms with Gasteiger partial charge in [-0.15, -0.1) is 0 Å². The van der Waals surface area contributed by atoms with Gasteiger partial charge in [-0.1, -0.05) is 11.6 Å². The van der Waals surface area contributed by atoms with E-state index in [4.69, 9.17) is 18.6 Å². The van der Waals surface area contributed by atoms with Crippen LogP contribution in [0.2, 0.25) is 0 Å². The van der Waals surface area contributed by atoms with E-state index in [1.165, 1.54) is 12.1 Å². The number of fused-ring (bicyclic) bond motifs is 3. The van der Waals surface area contributed by atoms with Gasteiger partial charge in [0.1, 0.15) is 16.9 Å². The molecule has 0 amide bonds. The van der Waals surface area contributed by atoms with E-state index >= 15 is 0 Å². The maximum atomic E-state index is 12.6. The number of carbonyl (C=O) groups excluding carboxylic acids is 2. The number of hydrogen-bond donors (Lipinski definition) is 0. The molecule has 0 saturated heterocycles. The van der Waals surface area contributed by atoms with E-state index in [9.17, 15) is 14.4 Å².